The van der Waals surface area contributed by atoms with Crippen molar-refractivity contribution in [2.75, 3.05) is 26.2 Å². The maximum atomic E-state index is 9.09. The Labute approximate surface area is 131 Å². The summed E-state index contributed by atoms with van der Waals surface area (Å²) in [5, 5.41) is 12.9. The van der Waals surface area contributed by atoms with Gasteiger partial charge in [-0.15, -0.1) is 0 Å². The minimum absolute atomic E-state index is 0.348. The number of hydrogen-bond acceptors (Lipinski definition) is 3. The van der Waals surface area contributed by atoms with E-state index in [-0.39, 0.29) is 0 Å². The number of nitrogens with zero attached hydrogens (tertiary/aromatic N) is 1. The molecule has 1 saturated carbocycles. The summed E-state index contributed by atoms with van der Waals surface area (Å²) in [6.45, 7) is 11.1. The zero-order chi connectivity index (χ0) is 15.3. The second-order valence-electron chi connectivity index (χ2n) is 7.83. The molecule has 2 aliphatic rings. The van der Waals surface area contributed by atoms with E-state index in [1.807, 2.05) is 0 Å². The van der Waals surface area contributed by atoms with E-state index >= 15 is 0 Å². The first-order chi connectivity index (χ1) is 10.1. The van der Waals surface area contributed by atoms with Gasteiger partial charge in [0.15, 0.2) is 0 Å². The normalized spacial score (nSPS) is 33.4. The number of hydrogen-bond donors (Lipinski definition) is 2. The fourth-order valence-electron chi connectivity index (χ4n) is 4.73. The van der Waals surface area contributed by atoms with E-state index in [0.717, 1.165) is 24.9 Å². The highest BCUT2D eigenvalue weighted by molar-refractivity contribution is 4.95. The van der Waals surface area contributed by atoms with Crippen molar-refractivity contribution >= 4 is 0 Å². The average Bonchev–Trinajstić information content (AvgIpc) is 2.87. The maximum Gasteiger partial charge on any atom is 0.0431 e. The van der Waals surface area contributed by atoms with Crippen LogP contribution in [0.5, 0.6) is 0 Å². The molecule has 0 aromatic carbocycles. The number of rotatable bonds is 7. The van der Waals surface area contributed by atoms with Gasteiger partial charge in [-0.25, -0.2) is 0 Å². The molecule has 0 bridgehead atoms. The second kappa shape index (κ2) is 7.94. The fourth-order valence-corrected chi connectivity index (χ4v) is 4.73. The lowest BCUT2D eigenvalue weighted by atomic mass is 9.67. The Balaban J connectivity index is 1.95. The van der Waals surface area contributed by atoms with Crippen molar-refractivity contribution in [1.82, 2.24) is 10.2 Å². The van der Waals surface area contributed by atoms with Crippen LogP contribution in [0, 0.1) is 11.3 Å². The fraction of sp³-hybridized carbons (Fsp3) is 1.00. The van der Waals surface area contributed by atoms with Gasteiger partial charge in [0, 0.05) is 25.2 Å². The SMILES string of the molecule is CCNC1C(CN2CCCC2CCCO)CCCC1(C)C. The monoisotopic (exact) mass is 296 g/mol. The van der Waals surface area contributed by atoms with E-state index in [4.69, 9.17) is 5.11 Å². The van der Waals surface area contributed by atoms with Crippen molar-refractivity contribution in [1.29, 1.82) is 0 Å². The minimum Gasteiger partial charge on any atom is -0.396 e. The zero-order valence-electron chi connectivity index (χ0n) is 14.4. The number of aliphatic hydroxyl groups is 1. The molecule has 3 nitrogen and oxygen atoms in total. The lowest BCUT2D eigenvalue weighted by Gasteiger charge is -2.46. The van der Waals surface area contributed by atoms with Crippen LogP contribution < -0.4 is 5.32 Å². The molecule has 3 unspecified atom stereocenters. The van der Waals surface area contributed by atoms with Gasteiger partial charge >= 0.3 is 0 Å². The van der Waals surface area contributed by atoms with Gasteiger partial charge in [-0.1, -0.05) is 27.2 Å². The smallest absolute Gasteiger partial charge is 0.0431 e. The standard InChI is InChI=1S/C18H36N2O/c1-4-19-17-15(8-5-11-18(17,2)3)14-20-12-6-9-16(20)10-7-13-21/h15-17,19,21H,4-14H2,1-3H3. The third kappa shape index (κ3) is 4.43. The molecule has 0 spiro atoms. The first-order valence-corrected chi connectivity index (χ1v) is 9.16. The van der Waals surface area contributed by atoms with Crippen LogP contribution in [-0.2, 0) is 0 Å². The zero-order valence-corrected chi connectivity index (χ0v) is 14.4. The molecule has 3 atom stereocenters. The molecule has 1 heterocycles. The van der Waals surface area contributed by atoms with Crippen molar-refractivity contribution < 1.29 is 5.11 Å². The van der Waals surface area contributed by atoms with Gasteiger partial charge in [0.2, 0.25) is 0 Å². The molecule has 2 fully saturated rings. The highest BCUT2D eigenvalue weighted by Gasteiger charge is 2.40. The van der Waals surface area contributed by atoms with Crippen LogP contribution in [0.15, 0.2) is 0 Å². The van der Waals surface area contributed by atoms with Crippen molar-refractivity contribution in [3.8, 4) is 0 Å². The molecule has 1 saturated heterocycles. The summed E-state index contributed by atoms with van der Waals surface area (Å²) in [5.41, 5.74) is 0.430. The van der Waals surface area contributed by atoms with Crippen LogP contribution in [0.2, 0.25) is 0 Å². The minimum atomic E-state index is 0.348. The summed E-state index contributed by atoms with van der Waals surface area (Å²) in [6.07, 6.45) is 8.95. The van der Waals surface area contributed by atoms with Gasteiger partial charge in [0.05, 0.1) is 0 Å². The van der Waals surface area contributed by atoms with E-state index in [0.29, 0.717) is 18.1 Å². The van der Waals surface area contributed by atoms with Crippen molar-refractivity contribution in [2.24, 2.45) is 11.3 Å². The van der Waals surface area contributed by atoms with Gasteiger partial charge in [0.25, 0.3) is 0 Å². The molecular weight excluding hydrogens is 260 g/mol. The van der Waals surface area contributed by atoms with Gasteiger partial charge in [-0.05, 0) is 62.9 Å². The highest BCUT2D eigenvalue weighted by atomic mass is 16.2. The molecule has 0 aromatic rings. The molecule has 1 aliphatic heterocycles. The van der Waals surface area contributed by atoms with Crippen LogP contribution in [0.25, 0.3) is 0 Å². The molecular formula is C18H36N2O. The van der Waals surface area contributed by atoms with E-state index < -0.39 is 0 Å². The first kappa shape index (κ1) is 17.2. The number of aliphatic hydroxyl groups excluding tert-OH is 1. The lowest BCUT2D eigenvalue weighted by molar-refractivity contribution is 0.0739. The molecule has 0 aromatic heterocycles. The number of nitrogens with one attached hydrogen (secondary N) is 1. The molecule has 3 heteroatoms. The molecule has 2 rings (SSSR count). The van der Waals surface area contributed by atoms with Crippen LogP contribution >= 0.6 is 0 Å². The lowest BCUT2D eigenvalue weighted by Crippen LogP contribution is -2.53. The van der Waals surface area contributed by atoms with Gasteiger partial charge in [0.1, 0.15) is 0 Å². The van der Waals surface area contributed by atoms with Gasteiger partial charge in [-0.3, -0.25) is 0 Å². The van der Waals surface area contributed by atoms with Gasteiger partial charge < -0.3 is 15.3 Å². The quantitative estimate of drug-likeness (QED) is 0.758. The topological polar surface area (TPSA) is 35.5 Å². The third-order valence-corrected chi connectivity index (χ3v) is 5.80. The van der Waals surface area contributed by atoms with Gasteiger partial charge in [-0.2, -0.15) is 0 Å². The predicted octanol–water partition coefficient (Wildman–Crippen LogP) is 3.03. The van der Waals surface area contributed by atoms with Crippen LogP contribution in [0.1, 0.15) is 65.7 Å². The van der Waals surface area contributed by atoms with Crippen LogP contribution in [-0.4, -0.2) is 48.3 Å². The van der Waals surface area contributed by atoms with E-state index in [2.05, 4.69) is 31.0 Å². The molecule has 0 radical (unpaired) electrons. The molecule has 21 heavy (non-hydrogen) atoms. The van der Waals surface area contributed by atoms with E-state index in [1.165, 1.54) is 51.6 Å². The number of likely N-dealkylation sites (tertiary alicyclic amines) is 1. The highest BCUT2D eigenvalue weighted by Crippen LogP contribution is 2.40. The summed E-state index contributed by atoms with van der Waals surface area (Å²) >= 11 is 0. The van der Waals surface area contributed by atoms with Crippen molar-refractivity contribution in [2.45, 2.75) is 77.8 Å². The molecule has 124 valence electrons. The van der Waals surface area contributed by atoms with Crippen molar-refractivity contribution in [3.63, 3.8) is 0 Å². The van der Waals surface area contributed by atoms with E-state index in [1.54, 1.807) is 0 Å². The molecule has 0 amide bonds. The summed E-state index contributed by atoms with van der Waals surface area (Å²) < 4.78 is 0. The predicted molar refractivity (Wildman–Crippen MR) is 89.5 cm³/mol. The summed E-state index contributed by atoms with van der Waals surface area (Å²) in [6, 6.07) is 1.39. The van der Waals surface area contributed by atoms with E-state index in [9.17, 15) is 0 Å². The summed E-state index contributed by atoms with van der Waals surface area (Å²) in [4.78, 5) is 2.73. The largest absolute Gasteiger partial charge is 0.396 e. The summed E-state index contributed by atoms with van der Waals surface area (Å²) in [7, 11) is 0. The third-order valence-electron chi connectivity index (χ3n) is 5.80. The maximum absolute atomic E-state index is 9.09. The Bertz CT molecular complexity index is 306. The first-order valence-electron chi connectivity index (χ1n) is 9.16. The average molecular weight is 296 g/mol. The Morgan fingerprint density at radius 1 is 1.24 bits per heavy atom. The van der Waals surface area contributed by atoms with Crippen LogP contribution in [0.3, 0.4) is 0 Å². The van der Waals surface area contributed by atoms with Crippen LogP contribution in [0.4, 0.5) is 0 Å². The van der Waals surface area contributed by atoms with Crippen molar-refractivity contribution in [3.05, 3.63) is 0 Å². The Hall–Kier alpha value is -0.120. The Morgan fingerprint density at radius 3 is 2.76 bits per heavy atom. The Morgan fingerprint density at radius 2 is 2.05 bits per heavy atom. The summed E-state index contributed by atoms with van der Waals surface area (Å²) in [5.74, 6) is 0.795. The Kier molecular flexibility index (Phi) is 6.51. The second-order valence-corrected chi connectivity index (χ2v) is 7.83. The molecule has 1 aliphatic carbocycles. The molecule has 2 N–H and O–H groups in total.